The van der Waals surface area contributed by atoms with E-state index >= 15 is 0 Å². The van der Waals surface area contributed by atoms with E-state index in [4.69, 9.17) is 16.7 Å². The summed E-state index contributed by atoms with van der Waals surface area (Å²) < 4.78 is 27.4. The van der Waals surface area contributed by atoms with Crippen molar-refractivity contribution < 1.29 is 17.7 Å². The van der Waals surface area contributed by atoms with Crippen molar-refractivity contribution in [2.45, 2.75) is 17.4 Å². The van der Waals surface area contributed by atoms with Crippen LogP contribution in [-0.2, 0) is 14.3 Å². The monoisotopic (exact) mass is 250 g/mol. The first-order valence-electron chi connectivity index (χ1n) is 4.20. The van der Waals surface area contributed by atoms with Gasteiger partial charge in [0.2, 0.25) is 0 Å². The van der Waals surface area contributed by atoms with Gasteiger partial charge in [-0.15, -0.1) is 0 Å². The second-order valence-corrected chi connectivity index (χ2v) is 5.11. The molecule has 0 spiro atoms. The molecule has 0 saturated heterocycles. The van der Waals surface area contributed by atoms with Crippen LogP contribution in [0.3, 0.4) is 0 Å². The minimum absolute atomic E-state index is 0.0467. The molecule has 0 saturated carbocycles. The molecule has 0 aliphatic heterocycles. The molecule has 4 nitrogen and oxygen atoms in total. The number of hydrogen-bond acceptors (Lipinski definition) is 4. The van der Waals surface area contributed by atoms with Gasteiger partial charge in [-0.3, -0.25) is 4.18 Å². The number of halogens is 1. The third kappa shape index (κ3) is 3.79. The van der Waals surface area contributed by atoms with Gasteiger partial charge in [-0.05, 0) is 19.1 Å². The van der Waals surface area contributed by atoms with Gasteiger partial charge in [0.25, 0.3) is 10.1 Å². The number of benzene rings is 1. The Hall–Kier alpha value is -0.620. The third-order valence-electron chi connectivity index (χ3n) is 1.67. The average molecular weight is 251 g/mol. The summed E-state index contributed by atoms with van der Waals surface area (Å²) in [6.45, 7) is 1.39. The Bertz CT molecular complexity index is 410. The highest BCUT2D eigenvalue weighted by molar-refractivity contribution is 7.86. The van der Waals surface area contributed by atoms with Gasteiger partial charge in [-0.25, -0.2) is 0 Å². The third-order valence-corrected chi connectivity index (χ3v) is 3.09. The van der Waals surface area contributed by atoms with Gasteiger partial charge < -0.3 is 5.11 Å². The Morgan fingerprint density at radius 3 is 2.40 bits per heavy atom. The van der Waals surface area contributed by atoms with E-state index in [1.54, 1.807) is 12.1 Å². The maximum absolute atomic E-state index is 11.5. The van der Waals surface area contributed by atoms with E-state index in [2.05, 4.69) is 4.18 Å². The van der Waals surface area contributed by atoms with Gasteiger partial charge in [0.1, 0.15) is 6.61 Å². The molecule has 0 amide bonds. The maximum atomic E-state index is 11.5. The fourth-order valence-corrected chi connectivity index (χ4v) is 1.97. The highest BCUT2D eigenvalue weighted by Crippen LogP contribution is 2.13. The molecule has 15 heavy (non-hydrogen) atoms. The quantitative estimate of drug-likeness (QED) is 0.646. The number of aliphatic hydroxyl groups excluding tert-OH is 1. The van der Waals surface area contributed by atoms with E-state index in [9.17, 15) is 8.42 Å². The molecule has 1 aromatic carbocycles. The lowest BCUT2D eigenvalue weighted by Crippen LogP contribution is -2.14. The van der Waals surface area contributed by atoms with Crippen LogP contribution < -0.4 is 0 Å². The Balaban J connectivity index is 2.82. The molecular weight excluding hydrogens is 240 g/mol. The Kier molecular flexibility index (Phi) is 4.10. The second kappa shape index (κ2) is 4.94. The van der Waals surface area contributed by atoms with Crippen LogP contribution in [0, 0.1) is 6.92 Å². The normalized spacial score (nSPS) is 13.8. The lowest BCUT2D eigenvalue weighted by molar-refractivity contribution is 0.173. The van der Waals surface area contributed by atoms with Crippen molar-refractivity contribution in [1.82, 2.24) is 0 Å². The van der Waals surface area contributed by atoms with E-state index in [0.29, 0.717) is 0 Å². The Morgan fingerprint density at radius 1 is 1.40 bits per heavy atom. The molecule has 0 heterocycles. The highest BCUT2D eigenvalue weighted by atomic mass is 35.5. The van der Waals surface area contributed by atoms with Crippen LogP contribution >= 0.6 is 11.6 Å². The van der Waals surface area contributed by atoms with E-state index in [1.807, 2.05) is 6.92 Å². The summed E-state index contributed by atoms with van der Waals surface area (Å²) in [5.74, 6) is 0. The Labute approximate surface area is 93.6 Å². The van der Waals surface area contributed by atoms with Crippen LogP contribution in [0.1, 0.15) is 5.56 Å². The number of hydrogen-bond donors (Lipinski definition) is 1. The van der Waals surface area contributed by atoms with Crippen LogP contribution in [0.4, 0.5) is 0 Å². The summed E-state index contributed by atoms with van der Waals surface area (Å²) in [6.07, 6.45) is 0. The predicted molar refractivity (Wildman–Crippen MR) is 56.2 cm³/mol. The zero-order chi connectivity index (χ0) is 11.5. The zero-order valence-electron chi connectivity index (χ0n) is 8.05. The molecule has 0 aliphatic carbocycles. The molecule has 0 aliphatic rings. The van der Waals surface area contributed by atoms with Crippen molar-refractivity contribution in [1.29, 1.82) is 0 Å². The summed E-state index contributed by atoms with van der Waals surface area (Å²) >= 11 is 5.16. The van der Waals surface area contributed by atoms with E-state index in [-0.39, 0.29) is 4.90 Å². The van der Waals surface area contributed by atoms with Crippen molar-refractivity contribution in [2.75, 3.05) is 6.61 Å². The van der Waals surface area contributed by atoms with Gasteiger partial charge in [0.05, 0.1) is 4.90 Å². The van der Waals surface area contributed by atoms with Gasteiger partial charge in [-0.1, -0.05) is 29.3 Å². The SMILES string of the molecule is Cc1ccc(S(=O)(=O)OC[C@@H](O)Cl)cc1. The number of aryl methyl sites for hydroxylation is 1. The fraction of sp³-hybridized carbons (Fsp3) is 0.333. The molecule has 1 atom stereocenters. The number of rotatable bonds is 4. The van der Waals surface area contributed by atoms with Crippen molar-refractivity contribution in [3.05, 3.63) is 29.8 Å². The van der Waals surface area contributed by atoms with Crippen LogP contribution in [0.2, 0.25) is 0 Å². The molecule has 1 rings (SSSR count). The lowest BCUT2D eigenvalue weighted by atomic mass is 10.2. The predicted octanol–water partition coefficient (Wildman–Crippen LogP) is 1.26. The Morgan fingerprint density at radius 2 is 1.93 bits per heavy atom. The van der Waals surface area contributed by atoms with Crippen molar-refractivity contribution in [3.63, 3.8) is 0 Å². The van der Waals surface area contributed by atoms with E-state index in [1.165, 1.54) is 12.1 Å². The molecule has 6 heteroatoms. The minimum Gasteiger partial charge on any atom is -0.375 e. The van der Waals surface area contributed by atoms with Gasteiger partial charge in [0, 0.05) is 0 Å². The zero-order valence-corrected chi connectivity index (χ0v) is 9.62. The van der Waals surface area contributed by atoms with Crippen LogP contribution in [-0.4, -0.2) is 25.7 Å². The summed E-state index contributed by atoms with van der Waals surface area (Å²) in [5, 5.41) is 8.68. The van der Waals surface area contributed by atoms with Gasteiger partial charge >= 0.3 is 0 Å². The number of aliphatic hydroxyl groups is 1. The van der Waals surface area contributed by atoms with Crippen LogP contribution in [0.15, 0.2) is 29.2 Å². The average Bonchev–Trinajstić information content (AvgIpc) is 2.16. The minimum atomic E-state index is -3.82. The van der Waals surface area contributed by atoms with Crippen LogP contribution in [0.5, 0.6) is 0 Å². The largest absolute Gasteiger partial charge is 0.375 e. The highest BCUT2D eigenvalue weighted by Gasteiger charge is 2.15. The number of alkyl halides is 1. The molecule has 1 aromatic rings. The molecule has 1 N–H and O–H groups in total. The van der Waals surface area contributed by atoms with Crippen LogP contribution in [0.25, 0.3) is 0 Å². The molecule has 0 radical (unpaired) electrons. The second-order valence-electron chi connectivity index (χ2n) is 2.99. The first kappa shape index (κ1) is 12.4. The van der Waals surface area contributed by atoms with Gasteiger partial charge in [0.15, 0.2) is 5.56 Å². The molecule has 0 bridgehead atoms. The van der Waals surface area contributed by atoms with E-state index < -0.39 is 22.3 Å². The van der Waals surface area contributed by atoms with Crippen molar-refractivity contribution in [3.8, 4) is 0 Å². The van der Waals surface area contributed by atoms with E-state index in [0.717, 1.165) is 5.56 Å². The summed E-state index contributed by atoms with van der Waals surface area (Å²) in [7, 11) is -3.82. The molecule has 0 fully saturated rings. The fourth-order valence-electron chi connectivity index (χ4n) is 0.919. The smallest absolute Gasteiger partial charge is 0.297 e. The van der Waals surface area contributed by atoms with Gasteiger partial charge in [-0.2, -0.15) is 8.42 Å². The molecule has 84 valence electrons. The summed E-state index contributed by atoms with van der Waals surface area (Å²) in [5.41, 5.74) is -0.378. The molecule has 0 aromatic heterocycles. The molecule has 0 unspecified atom stereocenters. The summed E-state index contributed by atoms with van der Waals surface area (Å²) in [6, 6.07) is 6.19. The lowest BCUT2D eigenvalue weighted by Gasteiger charge is -2.06. The standard InChI is InChI=1S/C9H11ClO4S/c1-7-2-4-8(5-3-7)15(12,13)14-6-9(10)11/h2-5,9,11H,6H2,1H3/t9-/m1/s1. The molecular formula is C9H11ClO4S. The summed E-state index contributed by atoms with van der Waals surface area (Å²) in [4.78, 5) is 0.0467. The first-order chi connectivity index (χ1) is 6.92. The van der Waals surface area contributed by atoms with Crippen molar-refractivity contribution >= 4 is 21.7 Å². The first-order valence-corrected chi connectivity index (χ1v) is 6.04. The maximum Gasteiger partial charge on any atom is 0.297 e. The van der Waals surface area contributed by atoms with Crippen molar-refractivity contribution in [2.24, 2.45) is 0 Å². The topological polar surface area (TPSA) is 63.6 Å².